The third kappa shape index (κ3) is 0.953. The number of ether oxygens (including phenoxy) is 3. The van der Waals surface area contributed by atoms with Crippen molar-refractivity contribution in [1.29, 1.82) is 0 Å². The van der Waals surface area contributed by atoms with E-state index in [1.54, 1.807) is 7.11 Å². The summed E-state index contributed by atoms with van der Waals surface area (Å²) in [5, 5.41) is 0. The van der Waals surface area contributed by atoms with Crippen molar-refractivity contribution < 1.29 is 14.2 Å². The molecule has 0 unspecified atom stereocenters. The summed E-state index contributed by atoms with van der Waals surface area (Å²) < 4.78 is 17.2. The molecule has 0 aromatic carbocycles. The van der Waals surface area contributed by atoms with Gasteiger partial charge in [0, 0.05) is 7.11 Å². The Hall–Kier alpha value is -0.120. The Morgan fingerprint density at radius 3 is 2.54 bits per heavy atom. The lowest BCUT2D eigenvalue weighted by molar-refractivity contribution is -0.197. The van der Waals surface area contributed by atoms with Gasteiger partial charge < -0.3 is 14.2 Å². The van der Waals surface area contributed by atoms with Crippen LogP contribution >= 0.6 is 0 Å². The summed E-state index contributed by atoms with van der Waals surface area (Å²) in [5.74, 6) is 0. The van der Waals surface area contributed by atoms with Gasteiger partial charge in [-0.15, -0.1) is 0 Å². The number of rotatable bonds is 2. The van der Waals surface area contributed by atoms with Crippen LogP contribution in [0.15, 0.2) is 0 Å². The molecule has 0 spiro atoms. The molecule has 0 amide bonds. The van der Waals surface area contributed by atoms with Gasteiger partial charge in [-0.3, -0.25) is 0 Å². The molecule has 2 heterocycles. The van der Waals surface area contributed by atoms with E-state index in [0.717, 1.165) is 6.42 Å². The summed E-state index contributed by atoms with van der Waals surface area (Å²) in [6, 6.07) is 0. The van der Waals surface area contributed by atoms with E-state index in [1.807, 2.05) is 0 Å². The Morgan fingerprint density at radius 2 is 2.15 bits per heavy atom. The van der Waals surface area contributed by atoms with Crippen LogP contribution < -0.4 is 0 Å². The predicted octanol–water partition coefficient (Wildman–Crippen LogP) is 1.36. The molecule has 2 aliphatic rings. The number of fused-ring (bicyclic) bond motifs is 2. The third-order valence-electron chi connectivity index (χ3n) is 3.55. The fourth-order valence-corrected chi connectivity index (χ4v) is 2.86. The monoisotopic (exact) mass is 186 g/mol. The highest BCUT2D eigenvalue weighted by molar-refractivity contribution is 5.14. The van der Waals surface area contributed by atoms with Crippen LogP contribution in [-0.2, 0) is 14.2 Å². The Balaban J connectivity index is 2.35. The number of methoxy groups -OCH3 is 1. The zero-order valence-corrected chi connectivity index (χ0v) is 8.79. The summed E-state index contributed by atoms with van der Waals surface area (Å²) in [4.78, 5) is 0. The van der Waals surface area contributed by atoms with Gasteiger partial charge in [0.2, 0.25) is 0 Å². The second-order valence-corrected chi connectivity index (χ2v) is 4.38. The first-order valence-electron chi connectivity index (χ1n) is 4.92. The fraction of sp³-hybridized carbons (Fsp3) is 1.00. The van der Waals surface area contributed by atoms with Crippen LogP contribution in [0, 0.1) is 0 Å². The van der Waals surface area contributed by atoms with Crippen LogP contribution in [0.5, 0.6) is 0 Å². The highest BCUT2D eigenvalue weighted by atomic mass is 16.7. The quantitative estimate of drug-likeness (QED) is 0.651. The molecule has 0 aromatic rings. The van der Waals surface area contributed by atoms with Crippen molar-refractivity contribution in [3.05, 3.63) is 0 Å². The minimum absolute atomic E-state index is 0.104. The molecule has 0 aromatic heterocycles. The van der Waals surface area contributed by atoms with Gasteiger partial charge in [-0.2, -0.15) is 0 Å². The van der Waals surface area contributed by atoms with E-state index in [0.29, 0.717) is 6.61 Å². The van der Waals surface area contributed by atoms with Gasteiger partial charge in [0.15, 0.2) is 0 Å². The number of hydrogen-bond donors (Lipinski definition) is 0. The third-order valence-corrected chi connectivity index (χ3v) is 3.55. The molecule has 0 radical (unpaired) electrons. The average molecular weight is 186 g/mol. The molecule has 0 aliphatic carbocycles. The Labute approximate surface area is 79.4 Å². The molecule has 0 N–H and O–H groups in total. The maximum Gasteiger partial charge on any atom is 0.125 e. The van der Waals surface area contributed by atoms with Gasteiger partial charge in [0.05, 0.1) is 12.2 Å². The van der Waals surface area contributed by atoms with E-state index in [2.05, 4.69) is 20.8 Å². The van der Waals surface area contributed by atoms with Gasteiger partial charge >= 0.3 is 0 Å². The summed E-state index contributed by atoms with van der Waals surface area (Å²) in [7, 11) is 1.74. The molecule has 2 saturated heterocycles. The Bertz CT molecular complexity index is 214. The van der Waals surface area contributed by atoms with Crippen LogP contribution in [0.1, 0.15) is 27.2 Å². The van der Waals surface area contributed by atoms with Crippen molar-refractivity contribution in [2.45, 2.75) is 50.6 Å². The molecule has 0 saturated carbocycles. The summed E-state index contributed by atoms with van der Waals surface area (Å²) in [6.07, 6.45) is 1.17. The smallest absolute Gasteiger partial charge is 0.125 e. The van der Waals surface area contributed by atoms with Crippen molar-refractivity contribution in [3.63, 3.8) is 0 Å². The van der Waals surface area contributed by atoms with E-state index in [1.165, 1.54) is 0 Å². The molecular formula is C10H18O3. The lowest BCUT2D eigenvalue weighted by Crippen LogP contribution is -2.53. The van der Waals surface area contributed by atoms with Crippen LogP contribution in [0.4, 0.5) is 0 Å². The van der Waals surface area contributed by atoms with Gasteiger partial charge in [-0.05, 0) is 20.3 Å². The predicted molar refractivity (Wildman–Crippen MR) is 48.7 cm³/mol. The lowest BCUT2D eigenvalue weighted by Gasteiger charge is -2.40. The molecule has 3 heteroatoms. The van der Waals surface area contributed by atoms with Crippen molar-refractivity contribution in [1.82, 2.24) is 0 Å². The van der Waals surface area contributed by atoms with E-state index in [-0.39, 0.29) is 23.4 Å². The van der Waals surface area contributed by atoms with Crippen molar-refractivity contribution in [2.24, 2.45) is 0 Å². The molecular weight excluding hydrogens is 168 g/mol. The molecule has 2 fully saturated rings. The normalized spacial score (nSPS) is 47.1. The van der Waals surface area contributed by atoms with Gasteiger partial charge in [0.25, 0.3) is 0 Å². The zero-order valence-electron chi connectivity index (χ0n) is 8.79. The van der Waals surface area contributed by atoms with Gasteiger partial charge in [-0.1, -0.05) is 6.92 Å². The number of hydrogen-bond acceptors (Lipinski definition) is 3. The summed E-state index contributed by atoms with van der Waals surface area (Å²) in [5.41, 5.74) is -0.447. The van der Waals surface area contributed by atoms with Crippen molar-refractivity contribution in [3.8, 4) is 0 Å². The van der Waals surface area contributed by atoms with Gasteiger partial charge in [0.1, 0.15) is 17.8 Å². The summed E-state index contributed by atoms with van der Waals surface area (Å²) >= 11 is 0. The molecule has 76 valence electrons. The molecule has 2 aliphatic heterocycles. The first kappa shape index (κ1) is 9.44. The second-order valence-electron chi connectivity index (χ2n) is 4.38. The van der Waals surface area contributed by atoms with Crippen LogP contribution in [-0.4, -0.2) is 37.1 Å². The molecule has 3 nitrogen and oxygen atoms in total. The molecule has 2 rings (SSSR count). The van der Waals surface area contributed by atoms with Crippen molar-refractivity contribution in [2.75, 3.05) is 13.7 Å². The van der Waals surface area contributed by atoms with E-state index in [9.17, 15) is 0 Å². The molecule has 13 heavy (non-hydrogen) atoms. The highest BCUT2D eigenvalue weighted by Crippen LogP contribution is 2.50. The van der Waals surface area contributed by atoms with E-state index < -0.39 is 0 Å². The topological polar surface area (TPSA) is 27.7 Å². The average Bonchev–Trinajstić information content (AvgIpc) is 2.52. The van der Waals surface area contributed by atoms with Crippen LogP contribution in [0.3, 0.4) is 0 Å². The zero-order chi connectivity index (χ0) is 9.69. The first-order chi connectivity index (χ1) is 6.07. The van der Waals surface area contributed by atoms with Crippen molar-refractivity contribution >= 4 is 0 Å². The largest absolute Gasteiger partial charge is 0.376 e. The van der Waals surface area contributed by atoms with Gasteiger partial charge in [-0.25, -0.2) is 0 Å². The fourth-order valence-electron chi connectivity index (χ4n) is 2.86. The standard InChI is InChI=1S/C10H18O3/c1-5-10-8(11-4)7(6-12-10)13-9(10,2)3/h7-8H,5-6H2,1-4H3/t7-,8-,10+/m0/s1. The van der Waals surface area contributed by atoms with Crippen LogP contribution in [0.2, 0.25) is 0 Å². The minimum Gasteiger partial charge on any atom is -0.376 e. The second kappa shape index (κ2) is 2.69. The maximum atomic E-state index is 5.90. The lowest BCUT2D eigenvalue weighted by atomic mass is 9.81. The Morgan fingerprint density at radius 1 is 1.46 bits per heavy atom. The van der Waals surface area contributed by atoms with E-state index in [4.69, 9.17) is 14.2 Å². The van der Waals surface area contributed by atoms with E-state index >= 15 is 0 Å². The van der Waals surface area contributed by atoms with Crippen LogP contribution in [0.25, 0.3) is 0 Å². The molecule has 3 atom stereocenters. The maximum absolute atomic E-state index is 5.90. The first-order valence-corrected chi connectivity index (χ1v) is 4.92. The highest BCUT2D eigenvalue weighted by Gasteiger charge is 2.66. The summed E-state index contributed by atoms with van der Waals surface area (Å²) in [6.45, 7) is 6.98. The molecule has 2 bridgehead atoms. The Kier molecular flexibility index (Phi) is 1.95. The minimum atomic E-state index is -0.230. The SMILES string of the molecule is CC[C@]12OC[C@H](OC1(C)C)[C@@H]2OC.